The Morgan fingerprint density at radius 1 is 1.21 bits per heavy atom. The van der Waals surface area contributed by atoms with E-state index in [0.717, 1.165) is 24.2 Å². The summed E-state index contributed by atoms with van der Waals surface area (Å²) in [5.74, 6) is -2.50. The Bertz CT molecular complexity index is 1390. The van der Waals surface area contributed by atoms with E-state index in [-0.39, 0.29) is 22.8 Å². The van der Waals surface area contributed by atoms with Gasteiger partial charge in [-0.2, -0.15) is 0 Å². The predicted molar refractivity (Wildman–Crippen MR) is 137 cm³/mol. The number of amides is 1. The summed E-state index contributed by atoms with van der Waals surface area (Å²) in [5.41, 5.74) is 0.884. The molecule has 0 bridgehead atoms. The number of carboxylic acid groups (broad SMARTS) is 1. The SMILES string of the molecule is C[C@H]1C[C@@H](n2c(Nc3ccc(OC(F)(F)F)cc3)nc3cc(C(=O)N(C)CC(=O)O)c(F)cc32)CC(C)(C)C1. The van der Waals surface area contributed by atoms with E-state index in [2.05, 4.69) is 35.8 Å². The van der Waals surface area contributed by atoms with Crippen LogP contribution in [0.3, 0.4) is 0 Å². The van der Waals surface area contributed by atoms with Gasteiger partial charge in [0, 0.05) is 24.8 Å². The van der Waals surface area contributed by atoms with Gasteiger partial charge in [0.15, 0.2) is 0 Å². The van der Waals surface area contributed by atoms with Crippen molar-refractivity contribution in [3.8, 4) is 5.75 Å². The van der Waals surface area contributed by atoms with Crippen LogP contribution in [-0.4, -0.2) is 51.4 Å². The lowest BCUT2D eigenvalue weighted by Crippen LogP contribution is -2.32. The predicted octanol–water partition coefficient (Wildman–Crippen LogP) is 6.36. The molecule has 0 radical (unpaired) electrons. The van der Waals surface area contributed by atoms with Crippen LogP contribution in [0.2, 0.25) is 0 Å². The number of fused-ring (bicyclic) bond motifs is 1. The Hall–Kier alpha value is -3.83. The van der Waals surface area contributed by atoms with Crippen molar-refractivity contribution in [2.75, 3.05) is 18.9 Å². The number of aliphatic carboxylic acids is 1. The van der Waals surface area contributed by atoms with Gasteiger partial charge in [-0.15, -0.1) is 13.2 Å². The molecule has 0 saturated heterocycles. The third-order valence-electron chi connectivity index (χ3n) is 6.80. The molecule has 0 spiro atoms. The molecule has 1 aliphatic rings. The number of hydrogen-bond acceptors (Lipinski definition) is 5. The second-order valence-corrected chi connectivity index (χ2v) is 10.9. The molecule has 1 aromatic heterocycles. The first-order chi connectivity index (χ1) is 18.1. The molecule has 210 valence electrons. The van der Waals surface area contributed by atoms with Crippen LogP contribution < -0.4 is 10.1 Å². The second kappa shape index (κ2) is 10.4. The molecule has 1 heterocycles. The molecule has 1 saturated carbocycles. The number of alkyl halides is 3. The van der Waals surface area contributed by atoms with Gasteiger partial charge in [0.25, 0.3) is 5.91 Å². The summed E-state index contributed by atoms with van der Waals surface area (Å²) in [6, 6.07) is 7.61. The normalized spacial score (nSPS) is 19.1. The van der Waals surface area contributed by atoms with Crippen molar-refractivity contribution in [2.24, 2.45) is 11.3 Å². The second-order valence-electron chi connectivity index (χ2n) is 10.9. The zero-order valence-corrected chi connectivity index (χ0v) is 22.0. The zero-order valence-electron chi connectivity index (χ0n) is 22.0. The van der Waals surface area contributed by atoms with E-state index in [1.54, 1.807) is 0 Å². The number of anilines is 2. The molecule has 4 rings (SSSR count). The molecular formula is C27H30F4N4O4. The van der Waals surface area contributed by atoms with Gasteiger partial charge in [0.2, 0.25) is 5.95 Å². The van der Waals surface area contributed by atoms with Gasteiger partial charge >= 0.3 is 12.3 Å². The van der Waals surface area contributed by atoms with Crippen LogP contribution in [0.25, 0.3) is 11.0 Å². The summed E-state index contributed by atoms with van der Waals surface area (Å²) in [7, 11) is 1.27. The lowest BCUT2D eigenvalue weighted by atomic mass is 9.70. The van der Waals surface area contributed by atoms with Crippen LogP contribution in [0.15, 0.2) is 36.4 Å². The number of benzene rings is 2. The number of halogens is 4. The Morgan fingerprint density at radius 3 is 2.46 bits per heavy atom. The highest BCUT2D eigenvalue weighted by Crippen LogP contribution is 2.46. The molecule has 1 fully saturated rings. The summed E-state index contributed by atoms with van der Waals surface area (Å²) in [6.07, 6.45) is -2.22. The molecule has 8 nitrogen and oxygen atoms in total. The van der Waals surface area contributed by atoms with Crippen molar-refractivity contribution >= 4 is 34.5 Å². The van der Waals surface area contributed by atoms with E-state index in [1.807, 2.05) is 4.57 Å². The number of nitrogens with zero attached hydrogens (tertiary/aromatic N) is 3. The quantitative estimate of drug-likeness (QED) is 0.332. The molecule has 2 aromatic carbocycles. The number of likely N-dealkylation sites (N-methyl/N-ethyl adjacent to an activating group) is 1. The summed E-state index contributed by atoms with van der Waals surface area (Å²) < 4.78 is 58.8. The Balaban J connectivity index is 1.77. The van der Waals surface area contributed by atoms with Crippen LogP contribution >= 0.6 is 0 Å². The first kappa shape index (κ1) is 28.2. The van der Waals surface area contributed by atoms with Crippen LogP contribution in [-0.2, 0) is 4.79 Å². The smallest absolute Gasteiger partial charge is 0.480 e. The van der Waals surface area contributed by atoms with E-state index in [0.29, 0.717) is 28.6 Å². The number of carboxylic acids is 1. The van der Waals surface area contributed by atoms with Gasteiger partial charge in [0.05, 0.1) is 16.6 Å². The molecule has 1 amide bonds. The highest BCUT2D eigenvalue weighted by Gasteiger charge is 2.35. The number of carbonyl (C=O) groups is 2. The molecule has 0 aliphatic heterocycles. The highest BCUT2D eigenvalue weighted by atomic mass is 19.4. The molecule has 3 aromatic rings. The number of carbonyl (C=O) groups excluding carboxylic acids is 1. The van der Waals surface area contributed by atoms with Crippen LogP contribution in [0, 0.1) is 17.2 Å². The number of ether oxygens (including phenoxy) is 1. The fourth-order valence-corrected chi connectivity index (χ4v) is 5.58. The number of hydrogen-bond donors (Lipinski definition) is 2. The minimum Gasteiger partial charge on any atom is -0.480 e. The Kier molecular flexibility index (Phi) is 7.50. The lowest BCUT2D eigenvalue weighted by molar-refractivity contribution is -0.274. The van der Waals surface area contributed by atoms with Crippen molar-refractivity contribution in [1.82, 2.24) is 14.5 Å². The minimum absolute atomic E-state index is 0.000768. The van der Waals surface area contributed by atoms with Gasteiger partial charge < -0.3 is 24.6 Å². The fraction of sp³-hybridized carbons (Fsp3) is 0.444. The summed E-state index contributed by atoms with van der Waals surface area (Å²) in [4.78, 5) is 29.3. The van der Waals surface area contributed by atoms with E-state index >= 15 is 4.39 Å². The zero-order chi connectivity index (χ0) is 28.7. The third-order valence-corrected chi connectivity index (χ3v) is 6.80. The summed E-state index contributed by atoms with van der Waals surface area (Å²) >= 11 is 0. The molecule has 39 heavy (non-hydrogen) atoms. The fourth-order valence-electron chi connectivity index (χ4n) is 5.58. The minimum atomic E-state index is -4.81. The van der Waals surface area contributed by atoms with Crippen molar-refractivity contribution in [3.05, 3.63) is 47.8 Å². The molecule has 2 atom stereocenters. The lowest BCUT2D eigenvalue weighted by Gasteiger charge is -2.40. The largest absolute Gasteiger partial charge is 0.573 e. The van der Waals surface area contributed by atoms with Crippen molar-refractivity contribution in [1.29, 1.82) is 0 Å². The standard InChI is InChI=1S/C27H30F4N4O4/c1-15-9-17(13-26(2,3)12-15)35-22-11-20(28)19(24(38)34(4)14-23(36)37)10-21(22)33-25(35)32-16-5-7-18(8-6-16)39-27(29,30)31/h5-8,10-11,15,17H,9,12-14H2,1-4H3,(H,32,33)(H,36,37)/t15-,17+/m0/s1. The van der Waals surface area contributed by atoms with Gasteiger partial charge in [-0.3, -0.25) is 9.59 Å². The van der Waals surface area contributed by atoms with Crippen molar-refractivity contribution in [2.45, 2.75) is 52.4 Å². The molecule has 12 heteroatoms. The third kappa shape index (κ3) is 6.61. The average Bonchev–Trinajstić information content (AvgIpc) is 3.13. The van der Waals surface area contributed by atoms with Gasteiger partial charge in [-0.1, -0.05) is 20.8 Å². The van der Waals surface area contributed by atoms with Crippen LogP contribution in [0.5, 0.6) is 5.75 Å². The molecule has 2 N–H and O–H groups in total. The Morgan fingerprint density at radius 2 is 1.87 bits per heavy atom. The van der Waals surface area contributed by atoms with Crippen molar-refractivity contribution < 1.29 is 37.0 Å². The molecule has 0 unspecified atom stereocenters. The first-order valence-electron chi connectivity index (χ1n) is 12.4. The molecule has 1 aliphatic carbocycles. The Labute approximate surface area is 222 Å². The monoisotopic (exact) mass is 550 g/mol. The van der Waals surface area contributed by atoms with Gasteiger partial charge in [0.1, 0.15) is 18.1 Å². The van der Waals surface area contributed by atoms with Crippen molar-refractivity contribution in [3.63, 3.8) is 0 Å². The van der Waals surface area contributed by atoms with E-state index < -0.39 is 30.6 Å². The number of rotatable bonds is 7. The topological polar surface area (TPSA) is 96.7 Å². The average molecular weight is 551 g/mol. The first-order valence-corrected chi connectivity index (χ1v) is 12.4. The van der Waals surface area contributed by atoms with Gasteiger partial charge in [-0.05, 0) is 60.9 Å². The maximum Gasteiger partial charge on any atom is 0.573 e. The van der Waals surface area contributed by atoms with E-state index in [4.69, 9.17) is 5.11 Å². The number of nitrogens with one attached hydrogen (secondary N) is 1. The maximum atomic E-state index is 15.3. The number of imidazole rings is 1. The molecular weight excluding hydrogens is 520 g/mol. The van der Waals surface area contributed by atoms with E-state index in [1.165, 1.54) is 43.4 Å². The van der Waals surface area contributed by atoms with Crippen LogP contribution in [0.4, 0.5) is 29.2 Å². The number of aromatic nitrogens is 2. The van der Waals surface area contributed by atoms with Gasteiger partial charge in [-0.25, -0.2) is 9.37 Å². The maximum absolute atomic E-state index is 15.3. The van der Waals surface area contributed by atoms with E-state index in [9.17, 15) is 22.8 Å². The summed E-state index contributed by atoms with van der Waals surface area (Å²) in [5, 5.41) is 12.1. The summed E-state index contributed by atoms with van der Waals surface area (Å²) in [6.45, 7) is 5.88. The van der Waals surface area contributed by atoms with Crippen LogP contribution in [0.1, 0.15) is 56.4 Å². The highest BCUT2D eigenvalue weighted by molar-refractivity contribution is 5.99.